The Hall–Kier alpha value is -2.58. The Labute approximate surface area is 185 Å². The van der Waals surface area contributed by atoms with Crippen LogP contribution in [0.4, 0.5) is 13.9 Å². The maximum absolute atomic E-state index is 14.2. The van der Waals surface area contributed by atoms with E-state index in [1.54, 1.807) is 18.2 Å². The first-order valence-electron chi connectivity index (χ1n) is 10.3. The molecule has 0 radical (unpaired) electrons. The molecule has 31 heavy (non-hydrogen) atoms. The number of halogens is 2. The van der Waals surface area contributed by atoms with Crippen LogP contribution in [0.3, 0.4) is 0 Å². The first-order chi connectivity index (χ1) is 14.9. The minimum Gasteiger partial charge on any atom is -0.494 e. The highest BCUT2D eigenvalue weighted by atomic mass is 32.1. The van der Waals surface area contributed by atoms with Gasteiger partial charge >= 0.3 is 0 Å². The van der Waals surface area contributed by atoms with Crippen LogP contribution in [0, 0.1) is 11.6 Å². The lowest BCUT2D eigenvalue weighted by atomic mass is 10.2. The first-order valence-corrected chi connectivity index (χ1v) is 11.2. The summed E-state index contributed by atoms with van der Waals surface area (Å²) in [4.78, 5) is 21.1. The number of rotatable bonds is 10. The third-order valence-corrected chi connectivity index (χ3v) is 5.77. The number of hydrogen-bond donors (Lipinski definition) is 0. The summed E-state index contributed by atoms with van der Waals surface area (Å²) in [7, 11) is 3.81. The molecule has 0 N–H and O–H groups in total. The summed E-state index contributed by atoms with van der Waals surface area (Å²) in [5, 5.41) is 0.334. The van der Waals surface area contributed by atoms with Gasteiger partial charge in [-0.05, 0) is 44.8 Å². The Morgan fingerprint density at radius 3 is 2.68 bits per heavy atom. The molecule has 1 heterocycles. The van der Waals surface area contributed by atoms with Crippen LogP contribution in [0.15, 0.2) is 36.4 Å². The highest BCUT2D eigenvalue weighted by molar-refractivity contribution is 7.22. The van der Waals surface area contributed by atoms with Crippen molar-refractivity contribution >= 4 is 32.6 Å². The van der Waals surface area contributed by atoms with E-state index in [-0.39, 0.29) is 11.4 Å². The van der Waals surface area contributed by atoms with Gasteiger partial charge in [-0.25, -0.2) is 13.8 Å². The minimum absolute atomic E-state index is 0.0667. The van der Waals surface area contributed by atoms with Crippen LogP contribution in [0.5, 0.6) is 5.75 Å². The van der Waals surface area contributed by atoms with Crippen molar-refractivity contribution in [2.24, 2.45) is 0 Å². The summed E-state index contributed by atoms with van der Waals surface area (Å²) < 4.78 is 33.9. The molecule has 0 spiro atoms. The lowest BCUT2D eigenvalue weighted by Gasteiger charge is -2.22. The van der Waals surface area contributed by atoms with Crippen molar-refractivity contribution in [1.29, 1.82) is 0 Å². The quantitative estimate of drug-likeness (QED) is 0.393. The van der Waals surface area contributed by atoms with Gasteiger partial charge in [0, 0.05) is 24.7 Å². The lowest BCUT2D eigenvalue weighted by Crippen LogP contribution is -2.36. The number of ether oxygens (including phenoxy) is 1. The van der Waals surface area contributed by atoms with Gasteiger partial charge in [-0.3, -0.25) is 9.69 Å². The largest absolute Gasteiger partial charge is 0.494 e. The molecule has 1 aromatic heterocycles. The van der Waals surface area contributed by atoms with E-state index in [9.17, 15) is 13.6 Å². The van der Waals surface area contributed by atoms with Gasteiger partial charge < -0.3 is 9.64 Å². The highest BCUT2D eigenvalue weighted by Gasteiger charge is 2.23. The second-order valence-corrected chi connectivity index (χ2v) is 8.58. The minimum atomic E-state index is -0.736. The molecule has 0 aliphatic heterocycles. The van der Waals surface area contributed by atoms with Gasteiger partial charge in [0.25, 0.3) is 5.91 Å². The number of carbonyl (C=O) groups excluding carboxylic acids is 1. The topological polar surface area (TPSA) is 45.7 Å². The summed E-state index contributed by atoms with van der Waals surface area (Å²) in [6, 6.07) is 9.07. The zero-order valence-electron chi connectivity index (χ0n) is 18.0. The Balaban J connectivity index is 1.88. The first kappa shape index (κ1) is 23.1. The zero-order valence-corrected chi connectivity index (χ0v) is 18.8. The van der Waals surface area contributed by atoms with Gasteiger partial charge in [0.2, 0.25) is 0 Å². The van der Waals surface area contributed by atoms with Gasteiger partial charge in [-0.2, -0.15) is 0 Å². The standard InChI is InChI=1S/C23H27F2N3O2S/c1-4-5-6-12-30-18-9-7-8-16(13-18)22(29)28(11-10-27(2)3)23-26-21-19(25)14-17(24)15-20(21)31-23/h7-9,13-15H,4-6,10-12H2,1-3H3. The lowest BCUT2D eigenvalue weighted by molar-refractivity contribution is 0.0984. The molecule has 0 unspecified atom stereocenters. The van der Waals surface area contributed by atoms with Crippen LogP contribution in [-0.4, -0.2) is 49.6 Å². The van der Waals surface area contributed by atoms with Crippen LogP contribution < -0.4 is 9.64 Å². The number of carbonyl (C=O) groups is 1. The molecule has 3 rings (SSSR count). The van der Waals surface area contributed by atoms with Crippen LogP contribution >= 0.6 is 11.3 Å². The molecule has 0 atom stereocenters. The number of anilines is 1. The predicted molar refractivity (Wildman–Crippen MR) is 121 cm³/mol. The summed E-state index contributed by atoms with van der Waals surface area (Å²) in [5.41, 5.74) is 0.523. The number of likely N-dealkylation sites (N-methyl/N-ethyl adjacent to an activating group) is 1. The van der Waals surface area contributed by atoms with Gasteiger partial charge in [-0.15, -0.1) is 0 Å². The number of aromatic nitrogens is 1. The van der Waals surface area contributed by atoms with E-state index in [4.69, 9.17) is 4.74 Å². The SMILES string of the molecule is CCCCCOc1cccc(C(=O)N(CCN(C)C)c2nc3c(F)cc(F)cc3s2)c1. The van der Waals surface area contributed by atoms with Gasteiger partial charge in [0.05, 0.1) is 11.3 Å². The van der Waals surface area contributed by atoms with E-state index in [0.29, 0.717) is 40.8 Å². The molecule has 0 aliphatic rings. The number of unbranched alkanes of at least 4 members (excludes halogenated alkanes) is 2. The average molecular weight is 448 g/mol. The van der Waals surface area contributed by atoms with Crippen LogP contribution in [0.1, 0.15) is 36.5 Å². The van der Waals surface area contributed by atoms with E-state index < -0.39 is 11.6 Å². The Morgan fingerprint density at radius 2 is 1.94 bits per heavy atom. The zero-order chi connectivity index (χ0) is 22.4. The van der Waals surface area contributed by atoms with Crippen molar-refractivity contribution in [3.05, 3.63) is 53.6 Å². The number of thiazole rings is 1. The smallest absolute Gasteiger partial charge is 0.260 e. The Morgan fingerprint density at radius 1 is 1.13 bits per heavy atom. The van der Waals surface area contributed by atoms with E-state index in [1.807, 2.05) is 25.1 Å². The van der Waals surface area contributed by atoms with Crippen LogP contribution in [-0.2, 0) is 0 Å². The van der Waals surface area contributed by atoms with Crippen LogP contribution in [0.2, 0.25) is 0 Å². The third kappa shape index (κ3) is 5.98. The maximum Gasteiger partial charge on any atom is 0.260 e. The molecule has 0 aliphatic carbocycles. The van der Waals surface area contributed by atoms with E-state index >= 15 is 0 Å². The van der Waals surface area contributed by atoms with E-state index in [2.05, 4.69) is 11.9 Å². The highest BCUT2D eigenvalue weighted by Crippen LogP contribution is 2.32. The summed E-state index contributed by atoms with van der Waals surface area (Å²) >= 11 is 1.10. The predicted octanol–water partition coefficient (Wildman–Crippen LogP) is 5.35. The molecule has 0 bridgehead atoms. The Kier molecular flexibility index (Phi) is 7.92. The van der Waals surface area contributed by atoms with Crippen molar-refractivity contribution in [3.8, 4) is 5.75 Å². The van der Waals surface area contributed by atoms with Crippen molar-refractivity contribution in [2.75, 3.05) is 38.7 Å². The Bertz CT molecular complexity index is 1040. The number of nitrogens with zero attached hydrogens (tertiary/aromatic N) is 3. The number of benzene rings is 2. The molecule has 166 valence electrons. The van der Waals surface area contributed by atoms with E-state index in [1.165, 1.54) is 11.0 Å². The number of amides is 1. The fourth-order valence-electron chi connectivity index (χ4n) is 3.06. The van der Waals surface area contributed by atoms with Crippen LogP contribution in [0.25, 0.3) is 10.2 Å². The normalized spacial score (nSPS) is 11.3. The molecule has 0 fully saturated rings. The number of fused-ring (bicyclic) bond motifs is 1. The molecular weight excluding hydrogens is 420 g/mol. The fraction of sp³-hybridized carbons (Fsp3) is 0.391. The molecular formula is C23H27F2N3O2S. The summed E-state index contributed by atoms with van der Waals surface area (Å²) in [6.07, 6.45) is 3.15. The van der Waals surface area contributed by atoms with Gasteiger partial charge in [0.15, 0.2) is 10.9 Å². The molecule has 0 saturated carbocycles. The van der Waals surface area contributed by atoms with Gasteiger partial charge in [-0.1, -0.05) is 37.2 Å². The molecule has 2 aromatic carbocycles. The van der Waals surface area contributed by atoms with Gasteiger partial charge in [0.1, 0.15) is 17.1 Å². The maximum atomic E-state index is 14.2. The van der Waals surface area contributed by atoms with Crippen molar-refractivity contribution < 1.29 is 18.3 Å². The number of hydrogen-bond acceptors (Lipinski definition) is 5. The third-order valence-electron chi connectivity index (χ3n) is 4.75. The average Bonchev–Trinajstić information content (AvgIpc) is 3.15. The summed E-state index contributed by atoms with van der Waals surface area (Å²) in [6.45, 7) is 3.67. The molecule has 5 nitrogen and oxygen atoms in total. The van der Waals surface area contributed by atoms with Crippen molar-refractivity contribution in [2.45, 2.75) is 26.2 Å². The second kappa shape index (κ2) is 10.6. The molecule has 0 saturated heterocycles. The van der Waals surface area contributed by atoms with Crippen molar-refractivity contribution in [3.63, 3.8) is 0 Å². The van der Waals surface area contributed by atoms with Crippen molar-refractivity contribution in [1.82, 2.24) is 9.88 Å². The molecule has 8 heteroatoms. The fourth-order valence-corrected chi connectivity index (χ4v) is 4.09. The van der Waals surface area contributed by atoms with E-state index in [0.717, 1.165) is 36.7 Å². The monoisotopic (exact) mass is 447 g/mol. The summed E-state index contributed by atoms with van der Waals surface area (Å²) in [5.74, 6) is -1.04. The molecule has 1 amide bonds. The molecule has 3 aromatic rings. The second-order valence-electron chi connectivity index (χ2n) is 7.57.